The molecule has 2 aliphatic heterocycles. The van der Waals surface area contributed by atoms with Crippen molar-refractivity contribution < 1.29 is 4.79 Å². The number of halogens is 1. The smallest absolute Gasteiger partial charge is 0.226 e. The van der Waals surface area contributed by atoms with Crippen LogP contribution in [0.3, 0.4) is 0 Å². The molecule has 0 saturated carbocycles. The van der Waals surface area contributed by atoms with E-state index in [0.717, 1.165) is 32.5 Å². The molecule has 1 amide bonds. The van der Waals surface area contributed by atoms with Gasteiger partial charge in [0.1, 0.15) is 0 Å². The van der Waals surface area contributed by atoms with Gasteiger partial charge in [-0.05, 0) is 43.0 Å². The van der Waals surface area contributed by atoms with Crippen LogP contribution in [-0.4, -0.2) is 29.9 Å². The van der Waals surface area contributed by atoms with Gasteiger partial charge >= 0.3 is 0 Å². The number of piperidine rings is 1. The van der Waals surface area contributed by atoms with Crippen molar-refractivity contribution in [2.24, 2.45) is 5.92 Å². The lowest BCUT2D eigenvalue weighted by molar-refractivity contribution is -0.137. The summed E-state index contributed by atoms with van der Waals surface area (Å²) in [5, 5.41) is 3.45. The van der Waals surface area contributed by atoms with Crippen molar-refractivity contribution in [2.75, 3.05) is 13.1 Å². The van der Waals surface area contributed by atoms with E-state index in [4.69, 9.17) is 0 Å². The van der Waals surface area contributed by atoms with E-state index in [9.17, 15) is 4.79 Å². The van der Waals surface area contributed by atoms with Gasteiger partial charge in [0.05, 0.1) is 0 Å². The van der Waals surface area contributed by atoms with Gasteiger partial charge in [0.15, 0.2) is 0 Å². The predicted octanol–water partition coefficient (Wildman–Crippen LogP) is 3.97. The number of rotatable bonds is 2. The molecule has 1 fully saturated rings. The molecule has 138 valence electrons. The Morgan fingerprint density at radius 3 is 2.58 bits per heavy atom. The minimum Gasteiger partial charge on any atom is -0.337 e. The summed E-state index contributed by atoms with van der Waals surface area (Å²) in [4.78, 5) is 15.3. The normalized spacial score (nSPS) is 25.1. The van der Waals surface area contributed by atoms with E-state index in [2.05, 4.69) is 71.7 Å². The van der Waals surface area contributed by atoms with Crippen molar-refractivity contribution in [3.63, 3.8) is 0 Å². The first-order valence-electron chi connectivity index (χ1n) is 9.37. The zero-order valence-corrected chi connectivity index (χ0v) is 16.0. The van der Waals surface area contributed by atoms with E-state index >= 15 is 0 Å². The number of hydrogen-bond donors (Lipinski definition) is 1. The van der Waals surface area contributed by atoms with Crippen molar-refractivity contribution in [2.45, 2.75) is 38.3 Å². The molecule has 0 aromatic heterocycles. The van der Waals surface area contributed by atoms with Gasteiger partial charge in [0.25, 0.3) is 0 Å². The van der Waals surface area contributed by atoms with Crippen LogP contribution in [0.1, 0.15) is 42.4 Å². The van der Waals surface area contributed by atoms with E-state index in [-0.39, 0.29) is 24.2 Å². The Labute approximate surface area is 162 Å². The fourth-order valence-corrected chi connectivity index (χ4v) is 4.36. The number of carbonyl (C=O) groups excluding carboxylic acids is 1. The molecule has 3 atom stereocenters. The Kier molecular flexibility index (Phi) is 6.00. The Morgan fingerprint density at radius 2 is 1.81 bits per heavy atom. The Balaban J connectivity index is 0.00000196. The Hall–Kier alpha value is -1.84. The monoisotopic (exact) mass is 370 g/mol. The fourth-order valence-electron chi connectivity index (χ4n) is 4.36. The van der Waals surface area contributed by atoms with Gasteiger partial charge in [-0.2, -0.15) is 0 Å². The highest BCUT2D eigenvalue weighted by atomic mass is 35.5. The molecule has 2 aromatic rings. The number of nitrogens with one attached hydrogen (secondary N) is 1. The van der Waals surface area contributed by atoms with Crippen LogP contribution in [0.5, 0.6) is 0 Å². The lowest BCUT2D eigenvalue weighted by atomic mass is 9.83. The van der Waals surface area contributed by atoms with Crippen molar-refractivity contribution >= 4 is 18.3 Å². The van der Waals surface area contributed by atoms with Crippen molar-refractivity contribution in [3.05, 3.63) is 71.3 Å². The molecule has 3 nitrogen and oxygen atoms in total. The molecule has 2 heterocycles. The minimum atomic E-state index is 0. The van der Waals surface area contributed by atoms with Crippen LogP contribution in [0, 0.1) is 5.92 Å². The number of fused-ring (bicyclic) bond motifs is 1. The van der Waals surface area contributed by atoms with Crippen molar-refractivity contribution in [1.29, 1.82) is 0 Å². The fraction of sp³-hybridized carbons (Fsp3) is 0.409. The van der Waals surface area contributed by atoms with E-state index in [0.29, 0.717) is 11.9 Å². The largest absolute Gasteiger partial charge is 0.337 e. The maximum absolute atomic E-state index is 13.2. The van der Waals surface area contributed by atoms with Crippen LogP contribution in [-0.2, 0) is 11.3 Å². The lowest BCUT2D eigenvalue weighted by Crippen LogP contribution is -2.46. The van der Waals surface area contributed by atoms with Crippen LogP contribution in [0.25, 0.3) is 0 Å². The summed E-state index contributed by atoms with van der Waals surface area (Å²) >= 11 is 0. The third-order valence-electron chi connectivity index (χ3n) is 5.68. The molecule has 4 heteroatoms. The molecule has 2 aromatic carbocycles. The SMILES string of the molecule is C[C@H]1C[C@@H](C(=O)N2Cc3ccccc3C(c3ccccc3)C2)CCN1.Cl. The highest BCUT2D eigenvalue weighted by Gasteiger charge is 2.33. The maximum atomic E-state index is 13.2. The van der Waals surface area contributed by atoms with Crippen LogP contribution < -0.4 is 5.32 Å². The molecule has 0 aliphatic carbocycles. The Bertz CT molecular complexity index is 749. The summed E-state index contributed by atoms with van der Waals surface area (Å²) in [7, 11) is 0. The number of amides is 1. The zero-order valence-electron chi connectivity index (χ0n) is 15.2. The van der Waals surface area contributed by atoms with Gasteiger partial charge in [-0.25, -0.2) is 0 Å². The molecule has 1 saturated heterocycles. The van der Waals surface area contributed by atoms with E-state index in [1.165, 1.54) is 16.7 Å². The van der Waals surface area contributed by atoms with Crippen LogP contribution in [0.4, 0.5) is 0 Å². The molecular formula is C22H27ClN2O. The van der Waals surface area contributed by atoms with Crippen molar-refractivity contribution in [1.82, 2.24) is 10.2 Å². The van der Waals surface area contributed by atoms with Crippen molar-refractivity contribution in [3.8, 4) is 0 Å². The molecule has 0 bridgehead atoms. The number of nitrogens with zero attached hydrogens (tertiary/aromatic N) is 1. The predicted molar refractivity (Wildman–Crippen MR) is 108 cm³/mol. The second-order valence-electron chi connectivity index (χ2n) is 7.46. The summed E-state index contributed by atoms with van der Waals surface area (Å²) in [6.07, 6.45) is 1.91. The molecule has 1 N–H and O–H groups in total. The van der Waals surface area contributed by atoms with E-state index < -0.39 is 0 Å². The van der Waals surface area contributed by atoms with Gasteiger partial charge in [-0.3, -0.25) is 4.79 Å². The topological polar surface area (TPSA) is 32.3 Å². The molecule has 4 rings (SSSR count). The van der Waals surface area contributed by atoms with E-state index in [1.54, 1.807) is 0 Å². The molecule has 1 unspecified atom stereocenters. The summed E-state index contributed by atoms with van der Waals surface area (Å²) in [5.41, 5.74) is 3.96. The van der Waals surface area contributed by atoms with Gasteiger partial charge in [0, 0.05) is 31.0 Å². The molecule has 0 radical (unpaired) electrons. The zero-order chi connectivity index (χ0) is 17.2. The van der Waals surface area contributed by atoms with E-state index in [1.807, 2.05) is 0 Å². The van der Waals surface area contributed by atoms with Gasteiger partial charge in [-0.15, -0.1) is 12.4 Å². The lowest BCUT2D eigenvalue weighted by Gasteiger charge is -2.38. The standard InChI is InChI=1S/C22H26N2O.ClH/c1-16-13-18(11-12-23-16)22(25)24-14-19-9-5-6-10-20(19)21(15-24)17-7-3-2-4-8-17;/h2-10,16,18,21,23H,11-15H2,1H3;1H/t16-,18-,21?;/m0./s1. The third-order valence-corrected chi connectivity index (χ3v) is 5.68. The van der Waals surface area contributed by atoms with Crippen LogP contribution in [0.15, 0.2) is 54.6 Å². The van der Waals surface area contributed by atoms with Crippen LogP contribution in [0.2, 0.25) is 0 Å². The summed E-state index contributed by atoms with van der Waals surface area (Å²) in [6, 6.07) is 19.6. The summed E-state index contributed by atoms with van der Waals surface area (Å²) < 4.78 is 0. The van der Waals surface area contributed by atoms with Crippen LogP contribution >= 0.6 is 12.4 Å². The number of hydrogen-bond acceptors (Lipinski definition) is 2. The maximum Gasteiger partial charge on any atom is 0.226 e. The van der Waals surface area contributed by atoms with Gasteiger partial charge < -0.3 is 10.2 Å². The average molecular weight is 371 g/mol. The molecule has 0 spiro atoms. The second-order valence-corrected chi connectivity index (χ2v) is 7.46. The minimum absolute atomic E-state index is 0. The quantitative estimate of drug-likeness (QED) is 0.867. The first-order valence-corrected chi connectivity index (χ1v) is 9.37. The number of carbonyl (C=O) groups is 1. The average Bonchev–Trinajstić information content (AvgIpc) is 2.67. The first-order chi connectivity index (χ1) is 12.2. The van der Waals surface area contributed by atoms with Gasteiger partial charge in [0.2, 0.25) is 5.91 Å². The molecular weight excluding hydrogens is 344 g/mol. The summed E-state index contributed by atoms with van der Waals surface area (Å²) in [6.45, 7) is 4.66. The first kappa shape index (κ1) is 18.9. The summed E-state index contributed by atoms with van der Waals surface area (Å²) in [5.74, 6) is 0.774. The Morgan fingerprint density at radius 1 is 1.08 bits per heavy atom. The highest BCUT2D eigenvalue weighted by Crippen LogP contribution is 2.34. The molecule has 2 aliphatic rings. The third kappa shape index (κ3) is 3.79. The van der Waals surface area contributed by atoms with Gasteiger partial charge in [-0.1, -0.05) is 54.6 Å². The molecule has 26 heavy (non-hydrogen) atoms. The highest BCUT2D eigenvalue weighted by molar-refractivity contribution is 5.85. The second kappa shape index (κ2) is 8.24. The number of benzene rings is 2.